The molecule has 1 aliphatic heterocycles. The van der Waals surface area contributed by atoms with Gasteiger partial charge in [-0.05, 0) is 71.2 Å². The number of carbonyl (C=O) groups is 1. The van der Waals surface area contributed by atoms with Gasteiger partial charge >= 0.3 is 0 Å². The van der Waals surface area contributed by atoms with Gasteiger partial charge in [-0.1, -0.05) is 12.7 Å². The standard InChI is InChI=1S/C21H22BrNO4/c1-2-11-25-17-8-6-16(7-9-17)23-21(24)15-5-10-20(19(22)13-15)27-14-18-4-3-12-26-18/h2,5-10,13,18H,1,3-4,11-12,14H2,(H,23,24). The highest BCUT2D eigenvalue weighted by Crippen LogP contribution is 2.27. The molecule has 3 rings (SSSR count). The molecule has 27 heavy (non-hydrogen) atoms. The maximum atomic E-state index is 12.5. The molecule has 0 bridgehead atoms. The predicted octanol–water partition coefficient (Wildman–Crippen LogP) is 4.82. The van der Waals surface area contributed by atoms with Crippen LogP contribution in [-0.4, -0.2) is 31.8 Å². The molecule has 1 aliphatic rings. The van der Waals surface area contributed by atoms with E-state index < -0.39 is 0 Å². The number of benzene rings is 2. The van der Waals surface area contributed by atoms with E-state index in [1.54, 1.807) is 48.5 Å². The van der Waals surface area contributed by atoms with Gasteiger partial charge in [-0.3, -0.25) is 4.79 Å². The molecule has 0 aliphatic carbocycles. The zero-order valence-corrected chi connectivity index (χ0v) is 16.5. The second kappa shape index (κ2) is 9.58. The summed E-state index contributed by atoms with van der Waals surface area (Å²) in [7, 11) is 0. The van der Waals surface area contributed by atoms with E-state index in [4.69, 9.17) is 14.2 Å². The molecule has 142 valence electrons. The van der Waals surface area contributed by atoms with Gasteiger partial charge in [0, 0.05) is 17.9 Å². The Labute approximate surface area is 167 Å². The summed E-state index contributed by atoms with van der Waals surface area (Å²) in [6.07, 6.45) is 3.94. The molecule has 0 radical (unpaired) electrons. The van der Waals surface area contributed by atoms with E-state index in [9.17, 15) is 4.79 Å². The number of carbonyl (C=O) groups excluding carboxylic acids is 1. The number of halogens is 1. The molecule has 1 fully saturated rings. The van der Waals surface area contributed by atoms with Crippen molar-refractivity contribution in [1.82, 2.24) is 0 Å². The monoisotopic (exact) mass is 431 g/mol. The molecule has 5 nitrogen and oxygen atoms in total. The number of hydrogen-bond donors (Lipinski definition) is 1. The fourth-order valence-electron chi connectivity index (χ4n) is 2.71. The summed E-state index contributed by atoms with van der Waals surface area (Å²) < 4.78 is 17.5. The van der Waals surface area contributed by atoms with Crippen molar-refractivity contribution in [3.8, 4) is 11.5 Å². The van der Waals surface area contributed by atoms with Gasteiger partial charge in [-0.15, -0.1) is 0 Å². The van der Waals surface area contributed by atoms with Gasteiger partial charge in [-0.25, -0.2) is 0 Å². The molecule has 1 heterocycles. The molecule has 1 unspecified atom stereocenters. The summed E-state index contributed by atoms with van der Waals surface area (Å²) in [5.74, 6) is 1.23. The van der Waals surface area contributed by atoms with E-state index in [1.807, 2.05) is 0 Å². The van der Waals surface area contributed by atoms with Crippen molar-refractivity contribution in [3.05, 3.63) is 65.2 Å². The number of rotatable bonds is 8. The van der Waals surface area contributed by atoms with Crippen LogP contribution >= 0.6 is 15.9 Å². The van der Waals surface area contributed by atoms with Crippen molar-refractivity contribution in [2.24, 2.45) is 0 Å². The van der Waals surface area contributed by atoms with Crippen LogP contribution in [0.25, 0.3) is 0 Å². The summed E-state index contributed by atoms with van der Waals surface area (Å²) in [6.45, 7) is 5.37. The molecule has 1 saturated heterocycles. The summed E-state index contributed by atoms with van der Waals surface area (Å²) in [5, 5.41) is 2.87. The lowest BCUT2D eigenvalue weighted by molar-refractivity contribution is 0.0677. The lowest BCUT2D eigenvalue weighted by atomic mass is 10.2. The van der Waals surface area contributed by atoms with E-state index in [0.717, 1.165) is 29.7 Å². The summed E-state index contributed by atoms with van der Waals surface area (Å²) in [4.78, 5) is 12.5. The minimum absolute atomic E-state index is 0.151. The van der Waals surface area contributed by atoms with Crippen molar-refractivity contribution in [3.63, 3.8) is 0 Å². The molecule has 0 saturated carbocycles. The summed E-state index contributed by atoms with van der Waals surface area (Å²) >= 11 is 3.47. The Kier molecular flexibility index (Phi) is 6.90. The van der Waals surface area contributed by atoms with Crippen LogP contribution in [0, 0.1) is 0 Å². The van der Waals surface area contributed by atoms with Gasteiger partial charge in [-0.2, -0.15) is 0 Å². The van der Waals surface area contributed by atoms with Crippen molar-refractivity contribution >= 4 is 27.5 Å². The molecular weight excluding hydrogens is 410 g/mol. The predicted molar refractivity (Wildman–Crippen MR) is 109 cm³/mol. The second-order valence-corrected chi connectivity index (χ2v) is 7.02. The van der Waals surface area contributed by atoms with E-state index >= 15 is 0 Å². The van der Waals surface area contributed by atoms with Crippen LogP contribution in [0.15, 0.2) is 59.6 Å². The summed E-state index contributed by atoms with van der Waals surface area (Å²) in [6, 6.07) is 12.5. The maximum absolute atomic E-state index is 12.5. The third-order valence-electron chi connectivity index (χ3n) is 4.12. The van der Waals surface area contributed by atoms with Crippen LogP contribution in [0.5, 0.6) is 11.5 Å². The van der Waals surface area contributed by atoms with E-state index in [0.29, 0.717) is 30.2 Å². The smallest absolute Gasteiger partial charge is 0.255 e. The SMILES string of the molecule is C=CCOc1ccc(NC(=O)c2ccc(OCC3CCCO3)c(Br)c2)cc1. The Balaban J connectivity index is 1.57. The van der Waals surface area contributed by atoms with Crippen LogP contribution in [-0.2, 0) is 4.74 Å². The van der Waals surface area contributed by atoms with Gasteiger partial charge in [0.2, 0.25) is 0 Å². The number of ether oxygens (including phenoxy) is 3. The third-order valence-corrected chi connectivity index (χ3v) is 4.74. The Morgan fingerprint density at radius 1 is 1.26 bits per heavy atom. The highest BCUT2D eigenvalue weighted by Gasteiger charge is 2.17. The lowest BCUT2D eigenvalue weighted by Gasteiger charge is -2.13. The Morgan fingerprint density at radius 3 is 2.74 bits per heavy atom. The number of nitrogens with one attached hydrogen (secondary N) is 1. The van der Waals surface area contributed by atoms with E-state index in [2.05, 4.69) is 27.8 Å². The first-order valence-electron chi connectivity index (χ1n) is 8.85. The maximum Gasteiger partial charge on any atom is 0.255 e. The van der Waals surface area contributed by atoms with Crippen LogP contribution < -0.4 is 14.8 Å². The number of hydrogen-bond acceptors (Lipinski definition) is 4. The minimum Gasteiger partial charge on any atom is -0.490 e. The number of anilines is 1. The first-order chi connectivity index (χ1) is 13.2. The van der Waals surface area contributed by atoms with Gasteiger partial charge in [0.1, 0.15) is 24.7 Å². The molecule has 2 aromatic rings. The molecular formula is C21H22BrNO4. The first-order valence-corrected chi connectivity index (χ1v) is 9.64. The molecule has 1 atom stereocenters. The molecule has 1 amide bonds. The highest BCUT2D eigenvalue weighted by atomic mass is 79.9. The van der Waals surface area contributed by atoms with E-state index in [1.165, 1.54) is 0 Å². The largest absolute Gasteiger partial charge is 0.490 e. The Bertz CT molecular complexity index is 785. The topological polar surface area (TPSA) is 56.8 Å². The molecule has 2 aromatic carbocycles. The third kappa shape index (κ3) is 5.58. The first kappa shape index (κ1) is 19.5. The molecule has 1 N–H and O–H groups in total. The normalized spacial score (nSPS) is 16.0. The van der Waals surface area contributed by atoms with Crippen LogP contribution in [0.2, 0.25) is 0 Å². The Morgan fingerprint density at radius 2 is 2.07 bits per heavy atom. The Hall–Kier alpha value is -2.31. The van der Waals surface area contributed by atoms with E-state index in [-0.39, 0.29) is 12.0 Å². The minimum atomic E-state index is -0.193. The highest BCUT2D eigenvalue weighted by molar-refractivity contribution is 9.10. The lowest BCUT2D eigenvalue weighted by Crippen LogP contribution is -2.16. The van der Waals surface area contributed by atoms with Crippen LogP contribution in [0.3, 0.4) is 0 Å². The average molecular weight is 432 g/mol. The molecule has 0 aromatic heterocycles. The van der Waals surface area contributed by atoms with Crippen LogP contribution in [0.4, 0.5) is 5.69 Å². The fraction of sp³-hybridized carbons (Fsp3) is 0.286. The van der Waals surface area contributed by atoms with Gasteiger partial charge < -0.3 is 19.5 Å². The zero-order chi connectivity index (χ0) is 19.1. The quantitative estimate of drug-likeness (QED) is 0.608. The van der Waals surface area contributed by atoms with Crippen LogP contribution in [0.1, 0.15) is 23.2 Å². The van der Waals surface area contributed by atoms with Crippen molar-refractivity contribution in [2.75, 3.05) is 25.1 Å². The molecule has 6 heteroatoms. The van der Waals surface area contributed by atoms with Gasteiger partial charge in [0.15, 0.2) is 0 Å². The molecule has 0 spiro atoms. The van der Waals surface area contributed by atoms with Crippen molar-refractivity contribution < 1.29 is 19.0 Å². The summed E-state index contributed by atoms with van der Waals surface area (Å²) in [5.41, 5.74) is 1.24. The fourth-order valence-corrected chi connectivity index (χ4v) is 3.20. The van der Waals surface area contributed by atoms with Gasteiger partial charge in [0.05, 0.1) is 10.6 Å². The zero-order valence-electron chi connectivity index (χ0n) is 14.9. The van der Waals surface area contributed by atoms with Crippen molar-refractivity contribution in [2.45, 2.75) is 18.9 Å². The van der Waals surface area contributed by atoms with Crippen molar-refractivity contribution in [1.29, 1.82) is 0 Å². The van der Waals surface area contributed by atoms with Gasteiger partial charge in [0.25, 0.3) is 5.91 Å². The second-order valence-electron chi connectivity index (χ2n) is 6.17. The number of amides is 1. The average Bonchev–Trinajstić information content (AvgIpc) is 3.20.